The van der Waals surface area contributed by atoms with Crippen molar-refractivity contribution in [1.82, 2.24) is 5.32 Å². The van der Waals surface area contributed by atoms with E-state index in [1.54, 1.807) is 0 Å². The van der Waals surface area contributed by atoms with E-state index in [0.717, 1.165) is 83.5 Å². The lowest BCUT2D eigenvalue weighted by Gasteiger charge is -2.27. The van der Waals surface area contributed by atoms with Gasteiger partial charge < -0.3 is 19.4 Å². The molecule has 0 rings (SSSR count). The number of likely N-dealkylation sites (N-methyl/N-ethyl adjacent to an activating group) is 1. The number of allylic oxidation sites excluding steroid dienone is 7. The predicted octanol–water partition coefficient (Wildman–Crippen LogP) is 20.1. The molecule has 0 radical (unpaired) electrons. The molecule has 0 saturated carbocycles. The molecule has 0 aromatic rings. The average Bonchev–Trinajstić information content (AvgIpc) is 3.38. The molecule has 3 unspecified atom stereocenters. The molecule has 0 saturated heterocycles. The molecule has 3 atom stereocenters. The fourth-order valence-electron chi connectivity index (χ4n) is 9.48. The van der Waals surface area contributed by atoms with Gasteiger partial charge in [0.1, 0.15) is 19.3 Å². The van der Waals surface area contributed by atoms with Gasteiger partial charge in [0.15, 0.2) is 0 Å². The number of nitrogens with one attached hydrogen (secondary N) is 1. The van der Waals surface area contributed by atoms with Gasteiger partial charge in [-0.25, -0.2) is 4.57 Å². The van der Waals surface area contributed by atoms with E-state index in [9.17, 15) is 19.0 Å². The van der Waals surface area contributed by atoms with Crippen LogP contribution >= 0.6 is 7.82 Å². The van der Waals surface area contributed by atoms with Crippen molar-refractivity contribution in [3.05, 3.63) is 48.6 Å². The summed E-state index contributed by atoms with van der Waals surface area (Å²) < 4.78 is 30.7. The zero-order valence-corrected chi connectivity index (χ0v) is 51.9. The number of quaternary nitrogens is 1. The maximum atomic E-state index is 13.6. The number of unbranched alkanes of at least 4 members (excludes halogenated alkanes) is 37. The van der Waals surface area contributed by atoms with Gasteiger partial charge in [0.05, 0.1) is 33.8 Å². The Kier molecular flexibility index (Phi) is 54.7. The third kappa shape index (κ3) is 56.7. The summed E-state index contributed by atoms with van der Waals surface area (Å²) in [6.45, 7) is 7.01. The SMILES string of the molecule is CCCCC/C=C\C/C=C\C/C=C\CCCCCCCCC(=O)NC(COP(=O)(O)OCC[N+](C)(C)C)C(/C=C/CCCCCCCCCCCC)OC(=O)CCCCCCCCCCCCCCCCCCCCC. The molecular formula is C66H126N2O7P+. The monoisotopic (exact) mass is 1090 g/mol. The summed E-state index contributed by atoms with van der Waals surface area (Å²) in [7, 11) is 1.49. The number of hydrogen-bond donors (Lipinski definition) is 2. The Bertz CT molecular complexity index is 1440. The van der Waals surface area contributed by atoms with Crippen molar-refractivity contribution in [3.8, 4) is 0 Å². The molecule has 0 aliphatic carbocycles. The van der Waals surface area contributed by atoms with E-state index >= 15 is 0 Å². The first-order valence-electron chi connectivity index (χ1n) is 32.5. The molecule has 0 heterocycles. The van der Waals surface area contributed by atoms with Crippen LogP contribution in [0.15, 0.2) is 48.6 Å². The first kappa shape index (κ1) is 74.0. The summed E-state index contributed by atoms with van der Waals surface area (Å²) in [6.07, 6.45) is 69.6. The number of amides is 1. The first-order valence-corrected chi connectivity index (χ1v) is 34.0. The molecule has 0 aromatic carbocycles. The highest BCUT2D eigenvalue weighted by Gasteiger charge is 2.30. The predicted molar refractivity (Wildman–Crippen MR) is 328 cm³/mol. The van der Waals surface area contributed by atoms with E-state index in [4.69, 9.17) is 13.8 Å². The summed E-state index contributed by atoms with van der Waals surface area (Å²) >= 11 is 0. The number of carbonyl (C=O) groups excluding carboxylic acids is 2. The first-order chi connectivity index (χ1) is 36.9. The molecular weight excluding hydrogens is 964 g/mol. The second-order valence-electron chi connectivity index (χ2n) is 23.3. The minimum atomic E-state index is -4.45. The van der Waals surface area contributed by atoms with E-state index in [1.807, 2.05) is 33.3 Å². The number of ether oxygens (including phenoxy) is 1. The zero-order valence-electron chi connectivity index (χ0n) is 51.0. The highest BCUT2D eigenvalue weighted by molar-refractivity contribution is 7.47. The Hall–Kier alpha value is -2.03. The van der Waals surface area contributed by atoms with Gasteiger partial charge in [-0.15, -0.1) is 0 Å². The summed E-state index contributed by atoms with van der Waals surface area (Å²) in [6, 6.07) is -0.853. The third-order valence-electron chi connectivity index (χ3n) is 14.5. The fourth-order valence-corrected chi connectivity index (χ4v) is 10.2. The molecule has 0 aliphatic heterocycles. The number of nitrogens with zero attached hydrogens (tertiary/aromatic N) is 1. The minimum Gasteiger partial charge on any atom is -0.456 e. The van der Waals surface area contributed by atoms with Gasteiger partial charge in [-0.05, 0) is 70.3 Å². The molecule has 76 heavy (non-hydrogen) atoms. The van der Waals surface area contributed by atoms with Crippen molar-refractivity contribution in [2.75, 3.05) is 40.9 Å². The molecule has 446 valence electrons. The molecule has 2 N–H and O–H groups in total. The van der Waals surface area contributed by atoms with Crippen LogP contribution in [0.3, 0.4) is 0 Å². The van der Waals surface area contributed by atoms with Crippen LogP contribution in [0.5, 0.6) is 0 Å². The van der Waals surface area contributed by atoms with Crippen LogP contribution in [0, 0.1) is 0 Å². The third-order valence-corrected chi connectivity index (χ3v) is 15.5. The van der Waals surface area contributed by atoms with Crippen molar-refractivity contribution in [2.24, 2.45) is 0 Å². The van der Waals surface area contributed by atoms with E-state index < -0.39 is 20.0 Å². The largest absolute Gasteiger partial charge is 0.472 e. The maximum absolute atomic E-state index is 13.6. The maximum Gasteiger partial charge on any atom is 0.472 e. The van der Waals surface area contributed by atoms with Crippen LogP contribution in [0.25, 0.3) is 0 Å². The van der Waals surface area contributed by atoms with Crippen LogP contribution in [0.4, 0.5) is 0 Å². The molecule has 0 aromatic heterocycles. The van der Waals surface area contributed by atoms with Crippen LogP contribution < -0.4 is 5.32 Å². The van der Waals surface area contributed by atoms with Crippen LogP contribution in [-0.2, 0) is 27.9 Å². The van der Waals surface area contributed by atoms with E-state index in [1.165, 1.54) is 193 Å². The summed E-state index contributed by atoms with van der Waals surface area (Å²) in [5.41, 5.74) is 0. The van der Waals surface area contributed by atoms with E-state index in [0.29, 0.717) is 23.9 Å². The van der Waals surface area contributed by atoms with Gasteiger partial charge in [0, 0.05) is 12.8 Å². The number of phosphoric ester groups is 1. The van der Waals surface area contributed by atoms with Crippen molar-refractivity contribution in [2.45, 2.75) is 322 Å². The highest BCUT2D eigenvalue weighted by atomic mass is 31.2. The topological polar surface area (TPSA) is 111 Å². The Morgan fingerprint density at radius 1 is 0.461 bits per heavy atom. The quantitative estimate of drug-likeness (QED) is 0.0205. The lowest BCUT2D eigenvalue weighted by atomic mass is 10.0. The highest BCUT2D eigenvalue weighted by Crippen LogP contribution is 2.43. The molecule has 0 spiro atoms. The second kappa shape index (κ2) is 56.3. The lowest BCUT2D eigenvalue weighted by molar-refractivity contribution is -0.870. The van der Waals surface area contributed by atoms with E-state index in [2.05, 4.69) is 62.5 Å². The van der Waals surface area contributed by atoms with Crippen LogP contribution in [0.1, 0.15) is 310 Å². The van der Waals surface area contributed by atoms with Crippen molar-refractivity contribution in [3.63, 3.8) is 0 Å². The number of phosphoric acid groups is 1. The lowest BCUT2D eigenvalue weighted by Crippen LogP contribution is -2.47. The average molecular weight is 1090 g/mol. The second-order valence-corrected chi connectivity index (χ2v) is 24.7. The molecule has 0 aliphatic rings. The molecule has 10 heteroatoms. The van der Waals surface area contributed by atoms with Crippen molar-refractivity contribution in [1.29, 1.82) is 0 Å². The van der Waals surface area contributed by atoms with E-state index in [-0.39, 0.29) is 25.1 Å². The molecule has 0 fully saturated rings. The number of esters is 1. The minimum absolute atomic E-state index is 0.0385. The van der Waals surface area contributed by atoms with Gasteiger partial charge in [-0.1, -0.05) is 275 Å². The molecule has 9 nitrogen and oxygen atoms in total. The standard InChI is InChI=1S/C66H125N2O7P/c1-7-10-13-16-19-22-25-28-30-32-34-36-38-40-43-46-49-52-55-58-65(69)67-63(62-74-76(71,72)73-61-60-68(4,5)6)64(57-54-51-48-45-42-27-24-21-18-15-12-9-3)75-66(70)59-56-53-50-47-44-41-39-37-35-33-31-29-26-23-20-17-14-11-8-2/h19,22,28,30,34,36,54,57,63-64H,7-18,20-21,23-27,29,31-33,35,37-53,55-56,58-62H2,1-6H3,(H-,67,69,71,72)/p+1/b22-19-,30-28-,36-34-,57-54+. The van der Waals surface area contributed by atoms with Gasteiger partial charge in [0.2, 0.25) is 5.91 Å². The van der Waals surface area contributed by atoms with Crippen molar-refractivity contribution < 1.29 is 37.3 Å². The summed E-state index contributed by atoms with van der Waals surface area (Å²) in [5, 5.41) is 3.06. The van der Waals surface area contributed by atoms with Crippen molar-refractivity contribution >= 4 is 19.7 Å². The Labute approximate surface area is 471 Å². The molecule has 0 bridgehead atoms. The normalized spacial score (nSPS) is 13.9. The summed E-state index contributed by atoms with van der Waals surface area (Å²) in [4.78, 5) is 37.8. The van der Waals surface area contributed by atoms with Crippen LogP contribution in [-0.4, -0.2) is 74.3 Å². The fraction of sp³-hybridized carbons (Fsp3) is 0.848. The van der Waals surface area contributed by atoms with Crippen LogP contribution in [0.2, 0.25) is 0 Å². The zero-order chi connectivity index (χ0) is 55.7. The Balaban J connectivity index is 5.21. The van der Waals surface area contributed by atoms with Gasteiger partial charge in [-0.2, -0.15) is 0 Å². The Morgan fingerprint density at radius 2 is 0.803 bits per heavy atom. The Morgan fingerprint density at radius 3 is 1.22 bits per heavy atom. The van der Waals surface area contributed by atoms with Gasteiger partial charge in [-0.3, -0.25) is 18.6 Å². The summed E-state index contributed by atoms with van der Waals surface area (Å²) in [5.74, 6) is -0.507. The molecule has 1 amide bonds. The number of hydrogen-bond acceptors (Lipinski definition) is 6. The van der Waals surface area contributed by atoms with Gasteiger partial charge >= 0.3 is 13.8 Å². The smallest absolute Gasteiger partial charge is 0.456 e. The number of rotatable bonds is 59. The van der Waals surface area contributed by atoms with Gasteiger partial charge in [0.25, 0.3) is 0 Å². The number of carbonyl (C=O) groups is 2.